The van der Waals surface area contributed by atoms with Crippen molar-refractivity contribution in [3.05, 3.63) is 4.88 Å². The van der Waals surface area contributed by atoms with Gasteiger partial charge in [0, 0.05) is 17.3 Å². The Hall–Kier alpha value is -0.950. The Balaban J connectivity index is 1.96. The van der Waals surface area contributed by atoms with Gasteiger partial charge < -0.3 is 16.4 Å². The minimum atomic E-state index is -0.120. The fraction of sp³-hybridized carbons (Fsp3) is 0.692. The van der Waals surface area contributed by atoms with Crippen LogP contribution in [0.1, 0.15) is 43.3 Å². The lowest BCUT2D eigenvalue weighted by molar-refractivity contribution is 0.0954. The van der Waals surface area contributed by atoms with Crippen LogP contribution in [0, 0.1) is 0 Å². The Morgan fingerprint density at radius 1 is 1.55 bits per heavy atom. The zero-order valence-corrected chi connectivity index (χ0v) is 13.8. The normalized spacial score (nSPS) is 22.2. The van der Waals surface area contributed by atoms with Crippen LogP contribution in [0.25, 0.3) is 0 Å². The van der Waals surface area contributed by atoms with Crippen molar-refractivity contribution in [1.82, 2.24) is 10.3 Å². The molecule has 1 aliphatic heterocycles. The molecule has 1 amide bonds. The van der Waals surface area contributed by atoms with E-state index >= 15 is 0 Å². The van der Waals surface area contributed by atoms with E-state index in [2.05, 4.69) is 22.5 Å². The van der Waals surface area contributed by atoms with Gasteiger partial charge >= 0.3 is 0 Å². The standard InChI is InChI=1S/C13H22N4OS2/c1-8(2)16-12-17-10(14)9(20-12)11(18)15-7-13(3)5-4-6-19-13/h8H,4-7,14H2,1-3H3,(H,15,18)(H,16,17). The number of thioether (sulfide) groups is 1. The van der Waals surface area contributed by atoms with Crippen LogP contribution in [0.2, 0.25) is 0 Å². The molecule has 1 aromatic heterocycles. The molecular formula is C13H22N4OS2. The molecule has 1 aliphatic rings. The van der Waals surface area contributed by atoms with Gasteiger partial charge in [-0.2, -0.15) is 11.8 Å². The Morgan fingerprint density at radius 3 is 2.90 bits per heavy atom. The molecule has 1 aromatic rings. The first-order valence-corrected chi connectivity index (χ1v) is 8.65. The molecule has 0 saturated carbocycles. The number of carbonyl (C=O) groups is 1. The molecule has 0 aromatic carbocycles. The van der Waals surface area contributed by atoms with Crippen LogP contribution >= 0.6 is 23.1 Å². The summed E-state index contributed by atoms with van der Waals surface area (Å²) in [5.41, 5.74) is 5.83. The van der Waals surface area contributed by atoms with Crippen molar-refractivity contribution in [3.8, 4) is 0 Å². The first-order valence-electron chi connectivity index (χ1n) is 6.85. The van der Waals surface area contributed by atoms with E-state index in [4.69, 9.17) is 5.73 Å². The third kappa shape index (κ3) is 3.79. The Labute approximate surface area is 128 Å². The number of nitrogens with one attached hydrogen (secondary N) is 2. The smallest absolute Gasteiger partial charge is 0.265 e. The largest absolute Gasteiger partial charge is 0.382 e. The van der Waals surface area contributed by atoms with Crippen LogP contribution in [0.15, 0.2) is 0 Å². The van der Waals surface area contributed by atoms with Gasteiger partial charge in [0.25, 0.3) is 5.91 Å². The summed E-state index contributed by atoms with van der Waals surface area (Å²) >= 11 is 3.24. The number of thiazole rings is 1. The summed E-state index contributed by atoms with van der Waals surface area (Å²) in [5, 5.41) is 6.86. The van der Waals surface area contributed by atoms with Crippen LogP contribution in [0.5, 0.6) is 0 Å². The van der Waals surface area contributed by atoms with Crippen molar-refractivity contribution in [2.45, 2.75) is 44.4 Å². The zero-order valence-electron chi connectivity index (χ0n) is 12.2. The molecule has 0 aliphatic carbocycles. The van der Waals surface area contributed by atoms with E-state index in [0.29, 0.717) is 22.4 Å². The number of anilines is 2. The van der Waals surface area contributed by atoms with Gasteiger partial charge in [-0.15, -0.1) is 0 Å². The van der Waals surface area contributed by atoms with Gasteiger partial charge in [-0.05, 0) is 39.4 Å². The summed E-state index contributed by atoms with van der Waals surface area (Å²) in [4.78, 5) is 16.9. The van der Waals surface area contributed by atoms with Crippen LogP contribution in [-0.2, 0) is 0 Å². The molecule has 0 bridgehead atoms. The van der Waals surface area contributed by atoms with Gasteiger partial charge in [-0.25, -0.2) is 4.98 Å². The van der Waals surface area contributed by atoms with Crippen LogP contribution in [0.3, 0.4) is 0 Å². The van der Waals surface area contributed by atoms with Crippen LogP contribution in [0.4, 0.5) is 10.9 Å². The second-order valence-corrected chi connectivity index (χ2v) is 8.30. The third-order valence-electron chi connectivity index (χ3n) is 3.20. The molecule has 4 N–H and O–H groups in total. The number of carbonyl (C=O) groups excluding carboxylic acids is 1. The van der Waals surface area contributed by atoms with Crippen molar-refractivity contribution in [2.75, 3.05) is 23.3 Å². The monoisotopic (exact) mass is 314 g/mol. The average molecular weight is 314 g/mol. The van der Waals surface area contributed by atoms with Crippen LogP contribution < -0.4 is 16.4 Å². The maximum absolute atomic E-state index is 12.2. The molecule has 2 heterocycles. The minimum Gasteiger partial charge on any atom is -0.382 e. The Kier molecular flexibility index (Phi) is 4.80. The maximum atomic E-state index is 12.2. The highest BCUT2D eigenvalue weighted by molar-refractivity contribution is 8.00. The molecule has 1 saturated heterocycles. The summed E-state index contributed by atoms with van der Waals surface area (Å²) < 4.78 is 0.161. The molecule has 20 heavy (non-hydrogen) atoms. The molecule has 5 nitrogen and oxygen atoms in total. The Morgan fingerprint density at radius 2 is 2.30 bits per heavy atom. The summed E-state index contributed by atoms with van der Waals surface area (Å²) in [6.45, 7) is 6.93. The minimum absolute atomic E-state index is 0.120. The molecule has 7 heteroatoms. The Bertz CT molecular complexity index is 481. The highest BCUT2D eigenvalue weighted by Crippen LogP contribution is 2.37. The van der Waals surface area contributed by atoms with E-state index in [1.165, 1.54) is 23.5 Å². The molecule has 1 atom stereocenters. The zero-order chi connectivity index (χ0) is 14.8. The number of nitrogen functional groups attached to an aromatic ring is 1. The lowest BCUT2D eigenvalue weighted by atomic mass is 10.1. The van der Waals surface area contributed by atoms with Gasteiger partial charge in [0.15, 0.2) is 5.13 Å². The number of hydrogen-bond donors (Lipinski definition) is 3. The fourth-order valence-electron chi connectivity index (χ4n) is 2.13. The summed E-state index contributed by atoms with van der Waals surface area (Å²) in [5.74, 6) is 1.36. The van der Waals surface area contributed by atoms with Gasteiger partial charge in [0.05, 0.1) is 0 Å². The van der Waals surface area contributed by atoms with Gasteiger partial charge in [0.1, 0.15) is 10.7 Å². The quantitative estimate of drug-likeness (QED) is 0.778. The number of hydrogen-bond acceptors (Lipinski definition) is 6. The molecule has 1 fully saturated rings. The van der Waals surface area contributed by atoms with Crippen molar-refractivity contribution >= 4 is 40.0 Å². The number of rotatable bonds is 5. The second-order valence-electron chi connectivity index (χ2n) is 5.62. The lowest BCUT2D eigenvalue weighted by Crippen LogP contribution is -2.36. The van der Waals surface area contributed by atoms with Gasteiger partial charge in [-0.1, -0.05) is 11.3 Å². The van der Waals surface area contributed by atoms with Crippen LogP contribution in [-0.4, -0.2) is 34.0 Å². The number of nitrogens with two attached hydrogens (primary N) is 1. The molecular weight excluding hydrogens is 292 g/mol. The third-order valence-corrected chi connectivity index (χ3v) is 5.73. The predicted octanol–water partition coefficient (Wildman–Crippen LogP) is 2.56. The highest BCUT2D eigenvalue weighted by Gasteiger charge is 2.30. The predicted molar refractivity (Wildman–Crippen MR) is 87.7 cm³/mol. The molecule has 0 spiro atoms. The molecule has 2 rings (SSSR count). The first kappa shape index (κ1) is 15.4. The number of aromatic nitrogens is 1. The fourth-order valence-corrected chi connectivity index (χ4v) is 4.32. The number of nitrogens with zero attached hydrogens (tertiary/aromatic N) is 1. The number of amides is 1. The molecule has 0 radical (unpaired) electrons. The lowest BCUT2D eigenvalue weighted by Gasteiger charge is -2.22. The van der Waals surface area contributed by atoms with Crippen molar-refractivity contribution in [2.24, 2.45) is 0 Å². The molecule has 1 unspecified atom stereocenters. The second kappa shape index (κ2) is 6.22. The van der Waals surface area contributed by atoms with E-state index in [-0.39, 0.29) is 16.7 Å². The van der Waals surface area contributed by atoms with Crippen molar-refractivity contribution < 1.29 is 4.79 Å². The SMILES string of the molecule is CC(C)Nc1nc(N)c(C(=O)NCC2(C)CCCS2)s1. The summed E-state index contributed by atoms with van der Waals surface area (Å²) in [6.07, 6.45) is 2.37. The average Bonchev–Trinajstić information content (AvgIpc) is 2.93. The molecule has 112 valence electrons. The van der Waals surface area contributed by atoms with Gasteiger partial charge in [-0.3, -0.25) is 4.79 Å². The summed E-state index contributed by atoms with van der Waals surface area (Å²) in [7, 11) is 0. The van der Waals surface area contributed by atoms with E-state index in [1.807, 2.05) is 25.6 Å². The van der Waals surface area contributed by atoms with E-state index in [9.17, 15) is 4.79 Å². The van der Waals surface area contributed by atoms with E-state index < -0.39 is 0 Å². The van der Waals surface area contributed by atoms with Gasteiger partial charge in [0.2, 0.25) is 0 Å². The van der Waals surface area contributed by atoms with Crippen molar-refractivity contribution in [1.29, 1.82) is 0 Å². The first-order chi connectivity index (χ1) is 9.39. The summed E-state index contributed by atoms with van der Waals surface area (Å²) in [6, 6.07) is 0.269. The highest BCUT2D eigenvalue weighted by atomic mass is 32.2. The van der Waals surface area contributed by atoms with E-state index in [1.54, 1.807) is 0 Å². The topological polar surface area (TPSA) is 80.0 Å². The van der Waals surface area contributed by atoms with Crippen molar-refractivity contribution in [3.63, 3.8) is 0 Å². The van der Waals surface area contributed by atoms with E-state index in [0.717, 1.165) is 6.42 Å². The maximum Gasteiger partial charge on any atom is 0.265 e.